The Labute approximate surface area is 171 Å². The first-order valence-corrected chi connectivity index (χ1v) is 10.5. The lowest BCUT2D eigenvalue weighted by Crippen LogP contribution is -2.12. The third-order valence-electron chi connectivity index (χ3n) is 3.50. The van der Waals surface area contributed by atoms with Gasteiger partial charge in [-0.05, 0) is 77.2 Å². The molecule has 0 aliphatic carbocycles. The highest BCUT2D eigenvalue weighted by molar-refractivity contribution is 14.1. The van der Waals surface area contributed by atoms with Gasteiger partial charge in [-0.25, -0.2) is 8.42 Å². The molecule has 0 saturated carbocycles. The Morgan fingerprint density at radius 1 is 0.923 bits per heavy atom. The molecule has 0 saturated heterocycles. The Morgan fingerprint density at radius 3 is 2.23 bits per heavy atom. The van der Waals surface area contributed by atoms with Crippen LogP contribution in [0.15, 0.2) is 82.7 Å². The molecule has 3 aromatic rings. The second kappa shape index (κ2) is 8.20. The van der Waals surface area contributed by atoms with Crippen LogP contribution in [0.25, 0.3) is 0 Å². The molecule has 3 rings (SSSR count). The standard InChI is InChI=1S/C19H14ClIN2O2S/c20-19-4-2-1-3-14(19)13-22-16-9-11-18(12-10-16)26(24,25)23-17-7-5-15(21)6-8-17/h1-13,23H. The van der Waals surface area contributed by atoms with Crippen molar-refractivity contribution >= 4 is 61.8 Å². The molecule has 0 unspecified atom stereocenters. The van der Waals surface area contributed by atoms with E-state index in [4.69, 9.17) is 11.6 Å². The number of hydrogen-bond donors (Lipinski definition) is 1. The van der Waals surface area contributed by atoms with Gasteiger partial charge in [0, 0.05) is 26.1 Å². The van der Waals surface area contributed by atoms with Crippen molar-refractivity contribution in [3.05, 3.63) is 87.0 Å². The third-order valence-corrected chi connectivity index (χ3v) is 5.96. The molecule has 0 aliphatic rings. The van der Waals surface area contributed by atoms with E-state index in [-0.39, 0.29) is 4.90 Å². The molecule has 0 atom stereocenters. The maximum Gasteiger partial charge on any atom is 0.261 e. The summed E-state index contributed by atoms with van der Waals surface area (Å²) >= 11 is 8.25. The monoisotopic (exact) mass is 496 g/mol. The van der Waals surface area contributed by atoms with E-state index in [0.717, 1.165) is 9.13 Å². The number of nitrogens with one attached hydrogen (secondary N) is 1. The number of hydrogen-bond acceptors (Lipinski definition) is 3. The number of benzene rings is 3. The van der Waals surface area contributed by atoms with Gasteiger partial charge in [-0.3, -0.25) is 9.71 Å². The molecule has 0 aromatic heterocycles. The molecule has 0 heterocycles. The minimum Gasteiger partial charge on any atom is -0.280 e. The van der Waals surface area contributed by atoms with Crippen LogP contribution in [0.2, 0.25) is 5.02 Å². The third kappa shape index (κ3) is 4.84. The summed E-state index contributed by atoms with van der Waals surface area (Å²) in [4.78, 5) is 4.50. The van der Waals surface area contributed by atoms with Gasteiger partial charge in [-0.2, -0.15) is 0 Å². The highest BCUT2D eigenvalue weighted by atomic mass is 127. The van der Waals surface area contributed by atoms with Crippen molar-refractivity contribution in [2.24, 2.45) is 4.99 Å². The van der Waals surface area contributed by atoms with Crippen LogP contribution >= 0.6 is 34.2 Å². The largest absolute Gasteiger partial charge is 0.280 e. The first-order valence-electron chi connectivity index (χ1n) is 7.61. The van der Waals surface area contributed by atoms with E-state index < -0.39 is 10.0 Å². The average molecular weight is 497 g/mol. The molecule has 26 heavy (non-hydrogen) atoms. The van der Waals surface area contributed by atoms with Gasteiger partial charge in [-0.1, -0.05) is 29.8 Å². The van der Waals surface area contributed by atoms with Gasteiger partial charge in [-0.15, -0.1) is 0 Å². The van der Waals surface area contributed by atoms with Gasteiger partial charge in [0.25, 0.3) is 10.0 Å². The van der Waals surface area contributed by atoms with E-state index in [1.54, 1.807) is 36.5 Å². The van der Waals surface area contributed by atoms with Gasteiger partial charge < -0.3 is 0 Å². The van der Waals surface area contributed by atoms with E-state index in [0.29, 0.717) is 16.4 Å². The Balaban J connectivity index is 1.76. The Morgan fingerprint density at radius 2 is 1.58 bits per heavy atom. The smallest absolute Gasteiger partial charge is 0.261 e. The number of nitrogens with zero attached hydrogens (tertiary/aromatic N) is 1. The molecule has 4 nitrogen and oxygen atoms in total. The molecule has 0 radical (unpaired) electrons. The first kappa shape index (κ1) is 18.9. The number of anilines is 1. The normalized spacial score (nSPS) is 11.6. The van der Waals surface area contributed by atoms with E-state index in [1.165, 1.54) is 12.1 Å². The lowest BCUT2D eigenvalue weighted by atomic mass is 10.2. The minimum absolute atomic E-state index is 0.174. The van der Waals surface area contributed by atoms with E-state index >= 15 is 0 Å². The maximum atomic E-state index is 12.5. The number of halogens is 2. The summed E-state index contributed by atoms with van der Waals surface area (Å²) in [5.41, 5.74) is 1.95. The van der Waals surface area contributed by atoms with Crippen molar-refractivity contribution in [3.8, 4) is 0 Å². The van der Waals surface area contributed by atoms with Crippen LogP contribution in [0.3, 0.4) is 0 Å². The van der Waals surface area contributed by atoms with Gasteiger partial charge in [0.05, 0.1) is 10.6 Å². The van der Waals surface area contributed by atoms with E-state index in [1.807, 2.05) is 30.3 Å². The Bertz CT molecular complexity index is 1030. The van der Waals surface area contributed by atoms with Crippen LogP contribution in [0.1, 0.15) is 5.56 Å². The van der Waals surface area contributed by atoms with E-state index in [9.17, 15) is 8.42 Å². The summed E-state index contributed by atoms with van der Waals surface area (Å²) in [5.74, 6) is 0. The van der Waals surface area contributed by atoms with Crippen molar-refractivity contribution < 1.29 is 8.42 Å². The lowest BCUT2D eigenvalue weighted by molar-refractivity contribution is 0.601. The lowest BCUT2D eigenvalue weighted by Gasteiger charge is -2.08. The Hall–Kier alpha value is -1.90. The van der Waals surface area contributed by atoms with Crippen molar-refractivity contribution in [2.75, 3.05) is 4.72 Å². The summed E-state index contributed by atoms with van der Waals surface area (Å²) in [6.45, 7) is 0. The topological polar surface area (TPSA) is 58.5 Å². The van der Waals surface area contributed by atoms with Crippen LogP contribution in [-0.2, 0) is 10.0 Å². The fourth-order valence-corrected chi connectivity index (χ4v) is 3.77. The van der Waals surface area contributed by atoms with Crippen molar-refractivity contribution in [1.29, 1.82) is 0 Å². The molecule has 0 aliphatic heterocycles. The Kier molecular flexibility index (Phi) is 5.95. The number of rotatable bonds is 5. The van der Waals surface area contributed by atoms with Crippen LogP contribution in [0.4, 0.5) is 11.4 Å². The molecule has 3 aromatic carbocycles. The summed E-state index contributed by atoms with van der Waals surface area (Å²) in [6, 6.07) is 20.8. The summed E-state index contributed by atoms with van der Waals surface area (Å²) in [5, 5.41) is 0.608. The van der Waals surface area contributed by atoms with Crippen LogP contribution < -0.4 is 4.72 Å². The molecule has 1 N–H and O–H groups in total. The quantitative estimate of drug-likeness (QED) is 0.375. The number of sulfonamides is 1. The number of aliphatic imine (C=N–C) groups is 1. The molecule has 132 valence electrons. The SMILES string of the molecule is O=S(=O)(Nc1ccc(I)cc1)c1ccc(N=Cc2ccccc2Cl)cc1. The molecule has 0 spiro atoms. The van der Waals surface area contributed by atoms with Crippen LogP contribution in [0, 0.1) is 3.57 Å². The van der Waals surface area contributed by atoms with Gasteiger partial charge in [0.1, 0.15) is 0 Å². The maximum absolute atomic E-state index is 12.5. The van der Waals surface area contributed by atoms with E-state index in [2.05, 4.69) is 32.3 Å². The highest BCUT2D eigenvalue weighted by Crippen LogP contribution is 2.21. The van der Waals surface area contributed by atoms with Gasteiger partial charge >= 0.3 is 0 Å². The molecule has 0 amide bonds. The predicted octanol–water partition coefficient (Wildman–Crippen LogP) is 5.50. The van der Waals surface area contributed by atoms with Crippen LogP contribution in [-0.4, -0.2) is 14.6 Å². The first-order chi connectivity index (χ1) is 12.4. The summed E-state index contributed by atoms with van der Waals surface area (Å²) in [6.07, 6.45) is 1.65. The predicted molar refractivity (Wildman–Crippen MR) is 115 cm³/mol. The van der Waals surface area contributed by atoms with Crippen LogP contribution in [0.5, 0.6) is 0 Å². The average Bonchev–Trinajstić information content (AvgIpc) is 2.63. The fraction of sp³-hybridized carbons (Fsp3) is 0. The zero-order valence-electron chi connectivity index (χ0n) is 13.4. The molecular weight excluding hydrogens is 483 g/mol. The van der Waals surface area contributed by atoms with Crippen molar-refractivity contribution in [1.82, 2.24) is 0 Å². The summed E-state index contributed by atoms with van der Waals surface area (Å²) in [7, 11) is -3.64. The molecule has 7 heteroatoms. The molecule has 0 fully saturated rings. The highest BCUT2D eigenvalue weighted by Gasteiger charge is 2.13. The second-order valence-electron chi connectivity index (χ2n) is 5.39. The second-order valence-corrected chi connectivity index (χ2v) is 8.72. The zero-order chi connectivity index (χ0) is 18.6. The van der Waals surface area contributed by atoms with Gasteiger partial charge in [0.2, 0.25) is 0 Å². The van der Waals surface area contributed by atoms with Crippen molar-refractivity contribution in [3.63, 3.8) is 0 Å². The van der Waals surface area contributed by atoms with Crippen molar-refractivity contribution in [2.45, 2.75) is 4.90 Å². The summed E-state index contributed by atoms with van der Waals surface area (Å²) < 4.78 is 28.5. The fourth-order valence-electron chi connectivity index (χ4n) is 2.17. The zero-order valence-corrected chi connectivity index (χ0v) is 17.2. The van der Waals surface area contributed by atoms with Gasteiger partial charge in [0.15, 0.2) is 0 Å². The molecular formula is C19H14ClIN2O2S. The molecule has 0 bridgehead atoms. The minimum atomic E-state index is -3.64.